The lowest BCUT2D eigenvalue weighted by molar-refractivity contribution is -0.121. The van der Waals surface area contributed by atoms with E-state index in [4.69, 9.17) is 4.99 Å². The molecule has 1 aliphatic carbocycles. The molecule has 1 saturated heterocycles. The lowest BCUT2D eigenvalue weighted by Crippen LogP contribution is -2.53. The first-order valence-corrected chi connectivity index (χ1v) is 10.5. The van der Waals surface area contributed by atoms with Crippen molar-refractivity contribution < 1.29 is 4.79 Å². The molecular formula is C18H34N4OS. The zero-order valence-electron chi connectivity index (χ0n) is 15.6. The second-order valence-electron chi connectivity index (χ2n) is 7.22. The number of nitrogens with one attached hydrogen (secondary N) is 2. The average Bonchev–Trinajstić information content (AvgIpc) is 2.54. The molecule has 1 spiro atoms. The molecule has 0 bridgehead atoms. The second-order valence-corrected chi connectivity index (χ2v) is 8.78. The average molecular weight is 355 g/mol. The molecule has 1 saturated carbocycles. The zero-order chi connectivity index (χ0) is 17.4. The van der Waals surface area contributed by atoms with Crippen LogP contribution in [0.15, 0.2) is 4.99 Å². The first-order valence-electron chi connectivity index (χ1n) is 9.51. The first-order chi connectivity index (χ1) is 11.5. The van der Waals surface area contributed by atoms with Gasteiger partial charge in [-0.05, 0) is 33.6 Å². The van der Waals surface area contributed by atoms with E-state index in [1.54, 1.807) is 0 Å². The van der Waals surface area contributed by atoms with Gasteiger partial charge in [0.1, 0.15) is 0 Å². The molecule has 2 fully saturated rings. The summed E-state index contributed by atoms with van der Waals surface area (Å²) in [7, 11) is 0. The minimum absolute atomic E-state index is 0.0857. The number of carbonyl (C=O) groups is 1. The molecule has 1 amide bonds. The van der Waals surface area contributed by atoms with Gasteiger partial charge in [0.05, 0.1) is 6.54 Å². The Kier molecular flexibility index (Phi) is 7.72. The van der Waals surface area contributed by atoms with Gasteiger partial charge in [-0.1, -0.05) is 19.3 Å². The summed E-state index contributed by atoms with van der Waals surface area (Å²) in [6.45, 7) is 9.65. The summed E-state index contributed by atoms with van der Waals surface area (Å²) in [5.74, 6) is 2.25. The van der Waals surface area contributed by atoms with E-state index in [2.05, 4.69) is 34.2 Å². The number of aliphatic imine (C=N–C) groups is 1. The maximum Gasteiger partial charge on any atom is 0.222 e. The van der Waals surface area contributed by atoms with Crippen molar-refractivity contribution in [1.29, 1.82) is 0 Å². The smallest absolute Gasteiger partial charge is 0.222 e. The summed E-state index contributed by atoms with van der Waals surface area (Å²) in [6.07, 6.45) is 7.25. The molecule has 2 aliphatic rings. The van der Waals surface area contributed by atoms with E-state index in [0.29, 0.717) is 17.7 Å². The molecule has 1 aliphatic heterocycles. The van der Waals surface area contributed by atoms with Crippen LogP contribution in [0.5, 0.6) is 0 Å². The minimum Gasteiger partial charge on any atom is -0.357 e. The number of hydrogen-bond donors (Lipinski definition) is 2. The zero-order valence-corrected chi connectivity index (χ0v) is 16.4. The fourth-order valence-electron chi connectivity index (χ4n) is 3.61. The first kappa shape index (κ1) is 19.4. The van der Waals surface area contributed by atoms with Crippen LogP contribution in [0.2, 0.25) is 0 Å². The van der Waals surface area contributed by atoms with E-state index in [1.165, 1.54) is 37.9 Å². The lowest BCUT2D eigenvalue weighted by atomic mass is 9.87. The van der Waals surface area contributed by atoms with E-state index in [0.717, 1.165) is 25.6 Å². The largest absolute Gasteiger partial charge is 0.357 e. The summed E-state index contributed by atoms with van der Waals surface area (Å²) < 4.78 is 0.432. The van der Waals surface area contributed by atoms with Crippen molar-refractivity contribution in [3.05, 3.63) is 0 Å². The Balaban J connectivity index is 1.93. The molecule has 0 aromatic rings. The molecule has 0 radical (unpaired) electrons. The standard InChI is InChI=1S/C18H34N4OS/c1-4-19-17(20-11-8-16(23)21-15(2)3)22-12-13-24-18(14-22)9-6-5-7-10-18/h15H,4-14H2,1-3H3,(H,19,20)(H,21,23). The Bertz CT molecular complexity index is 427. The molecule has 6 heteroatoms. The number of amides is 1. The van der Waals surface area contributed by atoms with Gasteiger partial charge in [-0.25, -0.2) is 0 Å². The van der Waals surface area contributed by atoms with E-state index >= 15 is 0 Å². The van der Waals surface area contributed by atoms with Crippen molar-refractivity contribution in [3.8, 4) is 0 Å². The van der Waals surface area contributed by atoms with Gasteiger partial charge in [-0.3, -0.25) is 9.79 Å². The summed E-state index contributed by atoms with van der Waals surface area (Å²) in [5.41, 5.74) is 0. The Morgan fingerprint density at radius 1 is 1.29 bits per heavy atom. The van der Waals surface area contributed by atoms with Gasteiger partial charge < -0.3 is 15.5 Å². The van der Waals surface area contributed by atoms with Gasteiger partial charge in [-0.15, -0.1) is 0 Å². The molecule has 24 heavy (non-hydrogen) atoms. The fourth-order valence-corrected chi connectivity index (χ4v) is 5.18. The van der Waals surface area contributed by atoms with Gasteiger partial charge in [0.15, 0.2) is 5.96 Å². The topological polar surface area (TPSA) is 56.7 Å². The van der Waals surface area contributed by atoms with Crippen LogP contribution < -0.4 is 10.6 Å². The predicted octanol–water partition coefficient (Wildman–Crippen LogP) is 2.62. The van der Waals surface area contributed by atoms with Gasteiger partial charge in [-0.2, -0.15) is 11.8 Å². The highest BCUT2D eigenvalue weighted by Crippen LogP contribution is 2.42. The molecule has 1 heterocycles. The summed E-state index contributed by atoms with van der Waals surface area (Å²) >= 11 is 2.17. The summed E-state index contributed by atoms with van der Waals surface area (Å²) in [6, 6.07) is 0.194. The molecule has 5 nitrogen and oxygen atoms in total. The van der Waals surface area contributed by atoms with Crippen molar-refractivity contribution in [2.24, 2.45) is 4.99 Å². The number of nitrogens with zero attached hydrogens (tertiary/aromatic N) is 2. The Morgan fingerprint density at radius 3 is 2.71 bits per heavy atom. The Labute approximate surface area is 151 Å². The number of guanidine groups is 1. The minimum atomic E-state index is 0.0857. The van der Waals surface area contributed by atoms with E-state index in [-0.39, 0.29) is 11.9 Å². The molecular weight excluding hydrogens is 320 g/mol. The van der Waals surface area contributed by atoms with Crippen molar-refractivity contribution in [2.75, 3.05) is 31.9 Å². The number of thioether (sulfide) groups is 1. The molecule has 138 valence electrons. The summed E-state index contributed by atoms with van der Waals surface area (Å²) in [5, 5.41) is 6.35. The number of hydrogen-bond acceptors (Lipinski definition) is 3. The highest BCUT2D eigenvalue weighted by atomic mass is 32.2. The molecule has 2 rings (SSSR count). The van der Waals surface area contributed by atoms with Crippen molar-refractivity contribution in [3.63, 3.8) is 0 Å². The van der Waals surface area contributed by atoms with Crippen LogP contribution in [0.1, 0.15) is 59.3 Å². The normalized spacial score (nSPS) is 21.2. The predicted molar refractivity (Wildman–Crippen MR) is 104 cm³/mol. The number of rotatable bonds is 5. The third-order valence-electron chi connectivity index (χ3n) is 4.70. The van der Waals surface area contributed by atoms with Gasteiger partial charge in [0.25, 0.3) is 0 Å². The highest BCUT2D eigenvalue weighted by molar-refractivity contribution is 8.00. The Morgan fingerprint density at radius 2 is 2.04 bits per heavy atom. The van der Waals surface area contributed by atoms with Crippen LogP contribution in [0.4, 0.5) is 0 Å². The molecule has 0 aromatic heterocycles. The number of carbonyl (C=O) groups excluding carboxylic acids is 1. The van der Waals surface area contributed by atoms with Crippen molar-refractivity contribution in [1.82, 2.24) is 15.5 Å². The van der Waals surface area contributed by atoms with Gasteiger partial charge in [0, 0.05) is 42.6 Å². The van der Waals surface area contributed by atoms with Crippen LogP contribution in [-0.4, -0.2) is 59.5 Å². The lowest BCUT2D eigenvalue weighted by Gasteiger charge is -2.45. The van der Waals surface area contributed by atoms with Crippen LogP contribution in [-0.2, 0) is 4.79 Å². The highest BCUT2D eigenvalue weighted by Gasteiger charge is 2.38. The summed E-state index contributed by atoms with van der Waals surface area (Å²) in [4.78, 5) is 18.9. The van der Waals surface area contributed by atoms with Crippen LogP contribution in [0, 0.1) is 0 Å². The van der Waals surface area contributed by atoms with Crippen LogP contribution >= 0.6 is 11.8 Å². The van der Waals surface area contributed by atoms with Crippen molar-refractivity contribution in [2.45, 2.75) is 70.1 Å². The molecule has 0 aromatic carbocycles. The molecule has 2 N–H and O–H groups in total. The van der Waals surface area contributed by atoms with E-state index in [1.807, 2.05) is 13.8 Å². The maximum atomic E-state index is 11.8. The second kappa shape index (κ2) is 9.54. The third-order valence-corrected chi connectivity index (χ3v) is 6.23. The SMILES string of the molecule is CCNC(=NCCC(=O)NC(C)C)N1CCSC2(CCCCC2)C1. The molecule has 0 atom stereocenters. The van der Waals surface area contributed by atoms with Crippen LogP contribution in [0.3, 0.4) is 0 Å². The monoisotopic (exact) mass is 354 g/mol. The molecule has 0 unspecified atom stereocenters. The van der Waals surface area contributed by atoms with E-state index < -0.39 is 0 Å². The van der Waals surface area contributed by atoms with Crippen LogP contribution in [0.25, 0.3) is 0 Å². The Hall–Kier alpha value is -0.910. The van der Waals surface area contributed by atoms with Crippen molar-refractivity contribution >= 4 is 23.6 Å². The quantitative estimate of drug-likeness (QED) is 0.589. The van der Waals surface area contributed by atoms with E-state index in [9.17, 15) is 4.79 Å². The third kappa shape index (κ3) is 5.87. The maximum absolute atomic E-state index is 11.8. The van der Waals surface area contributed by atoms with Gasteiger partial charge >= 0.3 is 0 Å². The van der Waals surface area contributed by atoms with Gasteiger partial charge in [0.2, 0.25) is 5.91 Å². The fraction of sp³-hybridized carbons (Fsp3) is 0.889.